The van der Waals surface area contributed by atoms with Crippen LogP contribution in [0.3, 0.4) is 0 Å². The van der Waals surface area contributed by atoms with Crippen LogP contribution in [-0.2, 0) is 11.2 Å². The van der Waals surface area contributed by atoms with Gasteiger partial charge in [-0.05, 0) is 24.0 Å². The Morgan fingerprint density at radius 3 is 3.10 bits per heavy atom. The number of carbonyl (C=O) groups excluding carboxylic acids is 1. The monoisotopic (exact) mass is 156 g/mol. The quantitative estimate of drug-likeness (QED) is 0.695. The second kappa shape index (κ2) is 3.31. The molecule has 0 aromatic carbocycles. The summed E-state index contributed by atoms with van der Waals surface area (Å²) in [6.45, 7) is 0. The summed E-state index contributed by atoms with van der Waals surface area (Å²) in [4.78, 5) is 10.3. The largest absolute Gasteiger partial charge is 0.370 e. The van der Waals surface area contributed by atoms with E-state index in [9.17, 15) is 4.79 Å². The normalized spacial score (nSPS) is 9.60. The second-order valence-electron chi connectivity index (χ2n) is 1.96. The molecule has 0 radical (unpaired) electrons. The van der Waals surface area contributed by atoms with Crippen LogP contribution >= 0.6 is 11.5 Å². The molecule has 10 heavy (non-hydrogen) atoms. The second-order valence-corrected chi connectivity index (χ2v) is 2.62. The lowest BCUT2D eigenvalue weighted by Crippen LogP contribution is -2.11. The zero-order valence-corrected chi connectivity index (χ0v) is 6.23. The molecule has 0 saturated carbocycles. The van der Waals surface area contributed by atoms with Gasteiger partial charge in [-0.1, -0.05) is 0 Å². The number of aryl methyl sites for hydroxylation is 1. The first-order valence-electron chi connectivity index (χ1n) is 2.96. The van der Waals surface area contributed by atoms with Crippen LogP contribution in [0, 0.1) is 0 Å². The van der Waals surface area contributed by atoms with Crippen LogP contribution in [0.4, 0.5) is 0 Å². The van der Waals surface area contributed by atoms with E-state index in [0.29, 0.717) is 12.8 Å². The Kier molecular flexibility index (Phi) is 2.39. The zero-order chi connectivity index (χ0) is 7.40. The lowest BCUT2D eigenvalue weighted by atomic mass is 10.2. The highest BCUT2D eigenvalue weighted by molar-refractivity contribution is 7.03. The zero-order valence-electron chi connectivity index (χ0n) is 5.41. The predicted octanol–water partition coefficient (Wildman–Crippen LogP) is 0.561. The van der Waals surface area contributed by atoms with E-state index in [-0.39, 0.29) is 5.91 Å². The van der Waals surface area contributed by atoms with Gasteiger partial charge >= 0.3 is 0 Å². The maximum absolute atomic E-state index is 10.3. The molecule has 1 heterocycles. The molecule has 0 aliphatic carbocycles. The van der Waals surface area contributed by atoms with Crippen molar-refractivity contribution < 1.29 is 4.79 Å². The molecule has 1 amide bonds. The molecule has 0 bridgehead atoms. The number of hydrogen-bond donors (Lipinski definition) is 1. The summed E-state index contributed by atoms with van der Waals surface area (Å²) in [5, 5.41) is 1.89. The average molecular weight is 156 g/mol. The third-order valence-corrected chi connectivity index (χ3v) is 1.72. The number of carbonyl (C=O) groups is 1. The SMILES string of the molecule is NC(=O)CCc1ccsn1. The minimum Gasteiger partial charge on any atom is -0.370 e. The Morgan fingerprint density at radius 2 is 2.60 bits per heavy atom. The highest BCUT2D eigenvalue weighted by Gasteiger charge is 1.97. The van der Waals surface area contributed by atoms with Crippen LogP contribution in [0.5, 0.6) is 0 Å². The molecule has 0 saturated heterocycles. The molecule has 0 fully saturated rings. The minimum atomic E-state index is -0.270. The Labute approximate surface area is 63.0 Å². The van der Waals surface area contributed by atoms with Crippen LogP contribution < -0.4 is 5.73 Å². The van der Waals surface area contributed by atoms with Crippen molar-refractivity contribution in [3.63, 3.8) is 0 Å². The highest BCUT2D eigenvalue weighted by atomic mass is 32.1. The van der Waals surface area contributed by atoms with Crippen molar-refractivity contribution in [3.8, 4) is 0 Å². The van der Waals surface area contributed by atoms with Gasteiger partial charge in [0, 0.05) is 11.8 Å². The molecule has 0 atom stereocenters. The molecule has 2 N–H and O–H groups in total. The molecule has 1 aromatic rings. The van der Waals surface area contributed by atoms with Crippen molar-refractivity contribution in [3.05, 3.63) is 17.1 Å². The van der Waals surface area contributed by atoms with E-state index in [1.54, 1.807) is 0 Å². The van der Waals surface area contributed by atoms with Gasteiger partial charge in [0.15, 0.2) is 0 Å². The van der Waals surface area contributed by atoms with Crippen molar-refractivity contribution in [2.24, 2.45) is 5.73 Å². The Bertz CT molecular complexity index is 208. The van der Waals surface area contributed by atoms with Crippen LogP contribution in [0.1, 0.15) is 12.1 Å². The molecular weight excluding hydrogens is 148 g/mol. The van der Waals surface area contributed by atoms with Crippen molar-refractivity contribution >= 4 is 17.4 Å². The minimum absolute atomic E-state index is 0.270. The molecule has 0 aliphatic rings. The van der Waals surface area contributed by atoms with Gasteiger partial charge in [0.25, 0.3) is 0 Å². The van der Waals surface area contributed by atoms with E-state index >= 15 is 0 Å². The third kappa shape index (κ3) is 2.14. The average Bonchev–Trinajstić information content (AvgIpc) is 2.34. The molecule has 1 rings (SSSR count). The fourth-order valence-corrected chi connectivity index (χ4v) is 1.18. The van der Waals surface area contributed by atoms with Crippen LogP contribution in [0.25, 0.3) is 0 Å². The molecule has 54 valence electrons. The van der Waals surface area contributed by atoms with Gasteiger partial charge in [0.2, 0.25) is 5.91 Å². The first-order valence-corrected chi connectivity index (χ1v) is 3.80. The maximum atomic E-state index is 10.3. The van der Waals surface area contributed by atoms with E-state index in [0.717, 1.165) is 5.69 Å². The van der Waals surface area contributed by atoms with E-state index in [1.165, 1.54) is 11.5 Å². The van der Waals surface area contributed by atoms with Gasteiger partial charge in [-0.15, -0.1) is 0 Å². The van der Waals surface area contributed by atoms with Crippen LogP contribution in [0.2, 0.25) is 0 Å². The van der Waals surface area contributed by atoms with Crippen LogP contribution in [-0.4, -0.2) is 10.3 Å². The summed E-state index contributed by atoms with van der Waals surface area (Å²) < 4.78 is 4.02. The summed E-state index contributed by atoms with van der Waals surface area (Å²) in [7, 11) is 0. The van der Waals surface area contributed by atoms with Gasteiger partial charge < -0.3 is 5.73 Å². The molecule has 4 heteroatoms. The molecule has 0 unspecified atom stereocenters. The number of nitrogens with zero attached hydrogens (tertiary/aromatic N) is 1. The summed E-state index contributed by atoms with van der Waals surface area (Å²) >= 11 is 1.39. The summed E-state index contributed by atoms with van der Waals surface area (Å²) in [6, 6.07) is 1.90. The van der Waals surface area contributed by atoms with Crippen molar-refractivity contribution in [2.75, 3.05) is 0 Å². The lowest BCUT2D eigenvalue weighted by molar-refractivity contribution is -0.118. The molecule has 1 aromatic heterocycles. The summed E-state index contributed by atoms with van der Waals surface area (Å²) in [5.74, 6) is -0.270. The van der Waals surface area contributed by atoms with Crippen molar-refractivity contribution in [1.82, 2.24) is 4.37 Å². The molecule has 0 aliphatic heterocycles. The van der Waals surface area contributed by atoms with E-state index in [2.05, 4.69) is 4.37 Å². The van der Waals surface area contributed by atoms with Gasteiger partial charge in [-0.25, -0.2) is 0 Å². The highest BCUT2D eigenvalue weighted by Crippen LogP contribution is 2.01. The van der Waals surface area contributed by atoms with E-state index in [1.807, 2.05) is 11.4 Å². The smallest absolute Gasteiger partial charge is 0.217 e. The number of primary amides is 1. The number of amides is 1. The van der Waals surface area contributed by atoms with Crippen molar-refractivity contribution in [1.29, 1.82) is 0 Å². The predicted molar refractivity (Wildman–Crippen MR) is 39.6 cm³/mol. The first-order chi connectivity index (χ1) is 4.79. The number of hydrogen-bond acceptors (Lipinski definition) is 3. The van der Waals surface area contributed by atoms with Gasteiger partial charge in [-0.3, -0.25) is 4.79 Å². The Morgan fingerprint density at radius 1 is 1.80 bits per heavy atom. The fraction of sp³-hybridized carbons (Fsp3) is 0.333. The van der Waals surface area contributed by atoms with Gasteiger partial charge in [0.05, 0.1) is 5.69 Å². The summed E-state index contributed by atoms with van der Waals surface area (Å²) in [5.41, 5.74) is 5.89. The van der Waals surface area contributed by atoms with Crippen LogP contribution in [0.15, 0.2) is 11.4 Å². The Balaban J connectivity index is 2.35. The molecule has 0 spiro atoms. The van der Waals surface area contributed by atoms with Gasteiger partial charge in [0.1, 0.15) is 0 Å². The number of nitrogens with two attached hydrogens (primary N) is 1. The first kappa shape index (κ1) is 7.21. The molecular formula is C6H8N2OS. The topological polar surface area (TPSA) is 56.0 Å². The van der Waals surface area contributed by atoms with Crippen molar-refractivity contribution in [2.45, 2.75) is 12.8 Å². The lowest BCUT2D eigenvalue weighted by Gasteiger charge is -1.89. The summed E-state index contributed by atoms with van der Waals surface area (Å²) in [6.07, 6.45) is 1.06. The van der Waals surface area contributed by atoms with E-state index < -0.39 is 0 Å². The maximum Gasteiger partial charge on any atom is 0.217 e. The molecule has 3 nitrogen and oxygen atoms in total. The Hall–Kier alpha value is -0.900. The van der Waals surface area contributed by atoms with E-state index in [4.69, 9.17) is 5.73 Å². The third-order valence-electron chi connectivity index (χ3n) is 1.12. The van der Waals surface area contributed by atoms with Gasteiger partial charge in [-0.2, -0.15) is 4.37 Å². The number of aromatic nitrogens is 1. The number of rotatable bonds is 3. The fourth-order valence-electron chi connectivity index (χ4n) is 0.618. The standard InChI is InChI=1S/C6H8N2OS/c7-6(9)2-1-5-3-4-10-8-5/h3-4H,1-2H2,(H2,7,9).